The summed E-state index contributed by atoms with van der Waals surface area (Å²) in [5.41, 5.74) is 1.64. The molecule has 0 unspecified atom stereocenters. The number of halogens is 1. The number of anilines is 3. The summed E-state index contributed by atoms with van der Waals surface area (Å²) < 4.78 is 11.3. The number of rotatable bonds is 11. The third-order valence-electron chi connectivity index (χ3n) is 5.50. The van der Waals surface area contributed by atoms with E-state index in [0.29, 0.717) is 33.6 Å². The quantitative estimate of drug-likeness (QED) is 0.304. The van der Waals surface area contributed by atoms with Crippen LogP contribution in [0.5, 0.6) is 11.5 Å². The average molecular weight is 538 g/mol. The lowest BCUT2D eigenvalue weighted by molar-refractivity contribution is -0.116. The summed E-state index contributed by atoms with van der Waals surface area (Å²) in [6.45, 7) is 5.76. The van der Waals surface area contributed by atoms with Gasteiger partial charge in [0.2, 0.25) is 5.91 Å². The van der Waals surface area contributed by atoms with E-state index < -0.39 is 12.0 Å². The normalized spacial score (nSPS) is 10.3. The van der Waals surface area contributed by atoms with Crippen LogP contribution < -0.4 is 24.6 Å². The number of aromatic carboxylic acids is 1. The van der Waals surface area contributed by atoms with Gasteiger partial charge in [-0.05, 0) is 48.5 Å². The second kappa shape index (κ2) is 13.2. The van der Waals surface area contributed by atoms with E-state index in [9.17, 15) is 14.4 Å². The van der Waals surface area contributed by atoms with Crippen LogP contribution >= 0.6 is 11.6 Å². The van der Waals surface area contributed by atoms with Crippen molar-refractivity contribution in [3.8, 4) is 11.5 Å². The average Bonchev–Trinajstić information content (AvgIpc) is 2.91. The minimum Gasteiger partial charge on any atom is -0.494 e. The summed E-state index contributed by atoms with van der Waals surface area (Å²) >= 11 is 6.19. The summed E-state index contributed by atoms with van der Waals surface area (Å²) in [4.78, 5) is 39.5. The molecule has 9 nitrogen and oxygen atoms in total. The van der Waals surface area contributed by atoms with Gasteiger partial charge in [0.05, 0.1) is 35.6 Å². The highest BCUT2D eigenvalue weighted by molar-refractivity contribution is 6.33. The first-order valence-corrected chi connectivity index (χ1v) is 12.0. The summed E-state index contributed by atoms with van der Waals surface area (Å²) in [5, 5.41) is 12.2. The Morgan fingerprint density at radius 2 is 1.76 bits per heavy atom. The smallest absolute Gasteiger partial charge is 0.335 e. The van der Waals surface area contributed by atoms with E-state index in [1.54, 1.807) is 60.7 Å². The molecule has 0 spiro atoms. The van der Waals surface area contributed by atoms with Crippen molar-refractivity contribution in [3.05, 3.63) is 90.0 Å². The molecule has 3 aromatic rings. The Morgan fingerprint density at radius 3 is 2.37 bits per heavy atom. The van der Waals surface area contributed by atoms with Crippen molar-refractivity contribution in [2.75, 3.05) is 41.9 Å². The number of carboxylic acids is 1. The highest BCUT2D eigenvalue weighted by Crippen LogP contribution is 2.34. The summed E-state index contributed by atoms with van der Waals surface area (Å²) in [5.74, 6) is -0.389. The topological polar surface area (TPSA) is 108 Å². The monoisotopic (exact) mass is 537 g/mol. The molecule has 0 bridgehead atoms. The van der Waals surface area contributed by atoms with Crippen molar-refractivity contribution in [1.82, 2.24) is 0 Å². The Morgan fingerprint density at radius 1 is 1.05 bits per heavy atom. The number of ether oxygens (including phenoxy) is 2. The molecule has 0 aliphatic heterocycles. The van der Waals surface area contributed by atoms with Gasteiger partial charge in [-0.25, -0.2) is 9.59 Å². The van der Waals surface area contributed by atoms with Gasteiger partial charge < -0.3 is 24.8 Å². The number of amides is 3. The second-order valence-corrected chi connectivity index (χ2v) is 8.42. The fraction of sp³-hybridized carbons (Fsp3) is 0.179. The highest BCUT2D eigenvalue weighted by atomic mass is 35.5. The minimum atomic E-state index is -1.02. The van der Waals surface area contributed by atoms with Crippen molar-refractivity contribution >= 4 is 46.6 Å². The number of hydrogen-bond donors (Lipinski definition) is 2. The van der Waals surface area contributed by atoms with Crippen molar-refractivity contribution in [3.63, 3.8) is 0 Å². The maximum absolute atomic E-state index is 13.1. The van der Waals surface area contributed by atoms with E-state index in [1.807, 2.05) is 0 Å². The van der Waals surface area contributed by atoms with Crippen LogP contribution in [-0.2, 0) is 4.79 Å². The van der Waals surface area contributed by atoms with Crippen LogP contribution in [0.25, 0.3) is 0 Å². The Labute approximate surface area is 225 Å². The third kappa shape index (κ3) is 7.04. The van der Waals surface area contributed by atoms with Crippen LogP contribution in [0.1, 0.15) is 17.3 Å². The molecule has 0 radical (unpaired) electrons. The zero-order valence-electron chi connectivity index (χ0n) is 21.0. The number of carbonyl (C=O) groups is 3. The van der Waals surface area contributed by atoms with E-state index in [2.05, 4.69) is 11.9 Å². The van der Waals surface area contributed by atoms with Gasteiger partial charge >= 0.3 is 12.0 Å². The van der Waals surface area contributed by atoms with Crippen LogP contribution in [0.2, 0.25) is 5.02 Å². The van der Waals surface area contributed by atoms with Gasteiger partial charge in [0.15, 0.2) is 0 Å². The molecule has 0 saturated carbocycles. The Kier molecular flexibility index (Phi) is 9.72. The van der Waals surface area contributed by atoms with E-state index >= 15 is 0 Å². The Bertz CT molecular complexity index is 1310. The molecule has 3 aromatic carbocycles. The highest BCUT2D eigenvalue weighted by Gasteiger charge is 2.22. The van der Waals surface area contributed by atoms with Crippen molar-refractivity contribution < 1.29 is 29.0 Å². The molecule has 3 rings (SSSR count). The predicted octanol–water partition coefficient (Wildman–Crippen LogP) is 5.70. The van der Waals surface area contributed by atoms with Crippen LogP contribution in [0.15, 0.2) is 79.4 Å². The zero-order chi connectivity index (χ0) is 27.7. The standard InChI is InChI=1S/C28H28ClN3O6/c1-4-15-32(28(36)30-24-8-6-5-7-23(24)29)25-14-11-21(18-26(25)37-3)31(19(2)33)16-17-38-22-12-9-20(10-13-22)27(34)35/h4-14,18H,1,15-17H2,2-3H3,(H,30,36)(H,34,35). The number of nitrogens with one attached hydrogen (secondary N) is 1. The molecule has 3 amide bonds. The number of methoxy groups -OCH3 is 1. The molecule has 2 N–H and O–H groups in total. The van der Waals surface area contributed by atoms with Crippen LogP contribution in [0.3, 0.4) is 0 Å². The van der Waals surface area contributed by atoms with Crippen LogP contribution in [-0.4, -0.2) is 49.8 Å². The van der Waals surface area contributed by atoms with Gasteiger partial charge in [0, 0.05) is 25.2 Å². The number of para-hydroxylation sites is 1. The number of benzene rings is 3. The van der Waals surface area contributed by atoms with E-state index in [-0.39, 0.29) is 31.2 Å². The molecule has 0 aliphatic carbocycles. The number of hydrogen-bond acceptors (Lipinski definition) is 5. The molecule has 38 heavy (non-hydrogen) atoms. The fourth-order valence-corrected chi connectivity index (χ4v) is 3.82. The summed E-state index contributed by atoms with van der Waals surface area (Å²) in [6, 6.07) is 17.5. The van der Waals surface area contributed by atoms with Crippen LogP contribution in [0.4, 0.5) is 21.9 Å². The van der Waals surface area contributed by atoms with Gasteiger partial charge in [-0.1, -0.05) is 29.8 Å². The maximum Gasteiger partial charge on any atom is 0.335 e. The van der Waals surface area contributed by atoms with Crippen LogP contribution in [0, 0.1) is 0 Å². The van der Waals surface area contributed by atoms with E-state index in [4.69, 9.17) is 26.2 Å². The number of carboxylic acid groups (broad SMARTS) is 1. The maximum atomic E-state index is 13.1. The van der Waals surface area contributed by atoms with Gasteiger partial charge in [-0.3, -0.25) is 9.69 Å². The fourth-order valence-electron chi connectivity index (χ4n) is 3.64. The number of nitrogens with zero attached hydrogens (tertiary/aromatic N) is 2. The van der Waals surface area contributed by atoms with Crippen molar-refractivity contribution in [2.24, 2.45) is 0 Å². The molecule has 0 aliphatic rings. The van der Waals surface area contributed by atoms with Gasteiger partial charge in [-0.15, -0.1) is 6.58 Å². The van der Waals surface area contributed by atoms with Crippen molar-refractivity contribution in [1.29, 1.82) is 0 Å². The zero-order valence-corrected chi connectivity index (χ0v) is 21.8. The van der Waals surface area contributed by atoms with Gasteiger partial charge in [0.1, 0.15) is 18.1 Å². The van der Waals surface area contributed by atoms with Gasteiger partial charge in [0.25, 0.3) is 0 Å². The first-order valence-electron chi connectivity index (χ1n) is 11.6. The molecular weight excluding hydrogens is 510 g/mol. The molecule has 0 atom stereocenters. The van der Waals surface area contributed by atoms with Crippen molar-refractivity contribution in [2.45, 2.75) is 6.92 Å². The largest absolute Gasteiger partial charge is 0.494 e. The van der Waals surface area contributed by atoms with E-state index in [0.717, 1.165) is 0 Å². The SMILES string of the molecule is C=CCN(C(=O)Nc1ccccc1Cl)c1ccc(N(CCOc2ccc(C(=O)O)cc2)C(C)=O)cc1OC. The molecule has 0 saturated heterocycles. The predicted molar refractivity (Wildman–Crippen MR) is 148 cm³/mol. The first kappa shape index (κ1) is 28.1. The molecule has 0 heterocycles. The second-order valence-electron chi connectivity index (χ2n) is 8.01. The number of urea groups is 1. The van der Waals surface area contributed by atoms with Gasteiger partial charge in [-0.2, -0.15) is 0 Å². The summed E-state index contributed by atoms with van der Waals surface area (Å²) in [6.07, 6.45) is 1.59. The molecule has 0 fully saturated rings. The lowest BCUT2D eigenvalue weighted by atomic mass is 10.2. The minimum absolute atomic E-state index is 0.154. The molecule has 0 aromatic heterocycles. The molecular formula is C28H28ClN3O6. The Balaban J connectivity index is 1.78. The lowest BCUT2D eigenvalue weighted by Gasteiger charge is -2.26. The lowest BCUT2D eigenvalue weighted by Crippen LogP contribution is -2.36. The van der Waals surface area contributed by atoms with E-state index in [1.165, 1.54) is 36.0 Å². The molecule has 198 valence electrons. The first-order chi connectivity index (χ1) is 18.2. The number of carbonyl (C=O) groups excluding carboxylic acids is 2. The summed E-state index contributed by atoms with van der Waals surface area (Å²) in [7, 11) is 1.47. The Hall–Kier alpha value is -4.50. The molecule has 10 heteroatoms. The third-order valence-corrected chi connectivity index (χ3v) is 5.83.